The van der Waals surface area contributed by atoms with E-state index >= 15 is 0 Å². The smallest absolute Gasteiger partial charge is 0.218 e. The third kappa shape index (κ3) is 3.32. The highest BCUT2D eigenvalue weighted by atomic mass is 16.5. The van der Waals surface area contributed by atoms with E-state index in [1.54, 1.807) is 7.11 Å². The number of nitrogens with one attached hydrogen (secondary N) is 1. The number of aryl methyl sites for hydroxylation is 1. The van der Waals surface area contributed by atoms with Crippen LogP contribution in [0, 0.1) is 6.92 Å². The van der Waals surface area contributed by atoms with Crippen LogP contribution >= 0.6 is 0 Å². The zero-order valence-electron chi connectivity index (χ0n) is 11.1. The predicted octanol–water partition coefficient (Wildman–Crippen LogP) is 1.87. The molecule has 0 saturated heterocycles. The van der Waals surface area contributed by atoms with E-state index in [9.17, 15) is 0 Å². The summed E-state index contributed by atoms with van der Waals surface area (Å²) >= 11 is 0. The van der Waals surface area contributed by atoms with E-state index in [2.05, 4.69) is 15.3 Å². The Kier molecular flexibility index (Phi) is 4.36. The molecule has 0 aliphatic heterocycles. The van der Waals surface area contributed by atoms with Crippen molar-refractivity contribution >= 4 is 5.82 Å². The third-order valence-corrected chi connectivity index (χ3v) is 3.43. The molecular weight excluding hydrogens is 228 g/mol. The zero-order valence-corrected chi connectivity index (χ0v) is 11.1. The van der Waals surface area contributed by atoms with Gasteiger partial charge in [-0.3, -0.25) is 0 Å². The Morgan fingerprint density at radius 1 is 1.28 bits per heavy atom. The van der Waals surface area contributed by atoms with Crippen molar-refractivity contribution in [2.75, 3.05) is 12.4 Å². The molecule has 1 aromatic heterocycles. The first-order chi connectivity index (χ1) is 8.69. The first kappa shape index (κ1) is 13.1. The highest BCUT2D eigenvalue weighted by Crippen LogP contribution is 2.21. The average molecular weight is 250 g/mol. The van der Waals surface area contributed by atoms with Crippen LogP contribution in [-0.2, 0) is 0 Å². The Labute approximate surface area is 108 Å². The molecule has 0 aromatic carbocycles. The van der Waals surface area contributed by atoms with Gasteiger partial charge < -0.3 is 15.8 Å². The molecule has 1 aliphatic carbocycles. The molecule has 5 nitrogen and oxygen atoms in total. The second kappa shape index (κ2) is 6.00. The lowest BCUT2D eigenvalue weighted by Crippen LogP contribution is -2.39. The molecule has 2 atom stereocenters. The van der Waals surface area contributed by atoms with Gasteiger partial charge in [-0.25, -0.2) is 4.98 Å². The summed E-state index contributed by atoms with van der Waals surface area (Å²) in [5.41, 5.74) is 6.20. The zero-order chi connectivity index (χ0) is 13.0. The van der Waals surface area contributed by atoms with Gasteiger partial charge in [-0.2, -0.15) is 4.98 Å². The molecule has 1 fully saturated rings. The molecule has 1 saturated carbocycles. The van der Waals surface area contributed by atoms with E-state index in [0.29, 0.717) is 17.7 Å². The first-order valence-electron chi connectivity index (χ1n) is 6.61. The lowest BCUT2D eigenvalue weighted by atomic mass is 10.0. The molecule has 100 valence electrons. The number of aromatic nitrogens is 2. The van der Waals surface area contributed by atoms with Crippen LogP contribution in [0.2, 0.25) is 0 Å². The Balaban J connectivity index is 2.09. The normalized spacial score (nSPS) is 24.4. The molecule has 3 N–H and O–H groups in total. The maximum absolute atomic E-state index is 6.20. The lowest BCUT2D eigenvalue weighted by molar-refractivity contribution is 0.395. The number of methoxy groups -OCH3 is 1. The van der Waals surface area contributed by atoms with E-state index in [0.717, 1.165) is 18.7 Å². The van der Waals surface area contributed by atoms with Crippen molar-refractivity contribution in [3.8, 4) is 5.88 Å². The van der Waals surface area contributed by atoms with Crippen molar-refractivity contribution in [3.63, 3.8) is 0 Å². The summed E-state index contributed by atoms with van der Waals surface area (Å²) < 4.78 is 5.15. The molecule has 1 aliphatic rings. The minimum atomic E-state index is 0.203. The minimum absolute atomic E-state index is 0.203. The number of hydrogen-bond donors (Lipinski definition) is 2. The average Bonchev–Trinajstić information content (AvgIpc) is 2.54. The van der Waals surface area contributed by atoms with Crippen LogP contribution in [0.4, 0.5) is 5.82 Å². The van der Waals surface area contributed by atoms with Gasteiger partial charge in [0.1, 0.15) is 11.6 Å². The van der Waals surface area contributed by atoms with Gasteiger partial charge in [0.25, 0.3) is 0 Å². The van der Waals surface area contributed by atoms with E-state index in [-0.39, 0.29) is 6.04 Å². The van der Waals surface area contributed by atoms with Gasteiger partial charge in [-0.15, -0.1) is 0 Å². The van der Waals surface area contributed by atoms with Crippen LogP contribution in [0.3, 0.4) is 0 Å². The van der Waals surface area contributed by atoms with Crippen LogP contribution in [0.25, 0.3) is 0 Å². The summed E-state index contributed by atoms with van der Waals surface area (Å²) in [4.78, 5) is 8.56. The molecule has 0 radical (unpaired) electrons. The highest BCUT2D eigenvalue weighted by Gasteiger charge is 2.20. The maximum Gasteiger partial charge on any atom is 0.218 e. The van der Waals surface area contributed by atoms with Crippen molar-refractivity contribution in [2.24, 2.45) is 5.73 Å². The SMILES string of the molecule is COc1cc(NC2CCCCCC2N)nc(C)n1. The molecule has 2 unspecified atom stereocenters. The van der Waals surface area contributed by atoms with Gasteiger partial charge in [-0.1, -0.05) is 19.3 Å². The maximum atomic E-state index is 6.20. The highest BCUT2D eigenvalue weighted by molar-refractivity contribution is 5.39. The molecular formula is C13H22N4O. The quantitative estimate of drug-likeness (QED) is 0.801. The van der Waals surface area contributed by atoms with Crippen LogP contribution in [-0.4, -0.2) is 29.2 Å². The lowest BCUT2D eigenvalue weighted by Gasteiger charge is -2.23. The van der Waals surface area contributed by atoms with Crippen molar-refractivity contribution in [3.05, 3.63) is 11.9 Å². The van der Waals surface area contributed by atoms with Crippen LogP contribution in [0.5, 0.6) is 5.88 Å². The molecule has 5 heteroatoms. The second-order valence-electron chi connectivity index (χ2n) is 4.90. The first-order valence-corrected chi connectivity index (χ1v) is 6.61. The van der Waals surface area contributed by atoms with Gasteiger partial charge in [0.15, 0.2) is 0 Å². The van der Waals surface area contributed by atoms with E-state index in [1.807, 2.05) is 13.0 Å². The van der Waals surface area contributed by atoms with Crippen molar-refractivity contribution < 1.29 is 4.74 Å². The van der Waals surface area contributed by atoms with Gasteiger partial charge >= 0.3 is 0 Å². The molecule has 0 bridgehead atoms. The Hall–Kier alpha value is -1.36. The fourth-order valence-electron chi connectivity index (χ4n) is 2.42. The van der Waals surface area contributed by atoms with Gasteiger partial charge in [0.05, 0.1) is 7.11 Å². The summed E-state index contributed by atoms with van der Waals surface area (Å²) in [5, 5.41) is 3.43. The standard InChI is InChI=1S/C13H22N4O/c1-9-15-12(8-13(16-9)18-2)17-11-7-5-3-4-6-10(11)14/h8,10-11H,3-7,14H2,1-2H3,(H,15,16,17). The molecule has 2 rings (SSSR count). The molecule has 0 spiro atoms. The third-order valence-electron chi connectivity index (χ3n) is 3.43. The summed E-state index contributed by atoms with van der Waals surface area (Å²) in [6.45, 7) is 1.86. The van der Waals surface area contributed by atoms with Crippen LogP contribution in [0.1, 0.15) is 37.9 Å². The number of anilines is 1. The summed E-state index contributed by atoms with van der Waals surface area (Å²) in [6.07, 6.45) is 5.92. The number of hydrogen-bond acceptors (Lipinski definition) is 5. The molecule has 1 heterocycles. The Morgan fingerprint density at radius 3 is 2.83 bits per heavy atom. The van der Waals surface area contributed by atoms with Crippen LogP contribution in [0.15, 0.2) is 6.07 Å². The van der Waals surface area contributed by atoms with E-state index in [4.69, 9.17) is 10.5 Å². The minimum Gasteiger partial charge on any atom is -0.481 e. The van der Waals surface area contributed by atoms with Gasteiger partial charge in [0.2, 0.25) is 5.88 Å². The molecule has 0 amide bonds. The van der Waals surface area contributed by atoms with Crippen molar-refractivity contribution in [1.82, 2.24) is 9.97 Å². The van der Waals surface area contributed by atoms with Gasteiger partial charge in [0, 0.05) is 18.2 Å². The monoisotopic (exact) mass is 250 g/mol. The van der Waals surface area contributed by atoms with Crippen LogP contribution < -0.4 is 15.8 Å². The topological polar surface area (TPSA) is 73.1 Å². The number of nitrogens with two attached hydrogens (primary N) is 1. The van der Waals surface area contributed by atoms with E-state index < -0.39 is 0 Å². The van der Waals surface area contributed by atoms with Crippen molar-refractivity contribution in [2.45, 2.75) is 51.1 Å². The Bertz CT molecular complexity index is 397. The predicted molar refractivity (Wildman–Crippen MR) is 71.8 cm³/mol. The molecule has 1 aromatic rings. The number of nitrogens with zero attached hydrogens (tertiary/aromatic N) is 2. The fourth-order valence-corrected chi connectivity index (χ4v) is 2.42. The number of rotatable bonds is 3. The van der Waals surface area contributed by atoms with E-state index in [1.165, 1.54) is 19.3 Å². The second-order valence-corrected chi connectivity index (χ2v) is 4.90. The summed E-state index contributed by atoms with van der Waals surface area (Å²) in [7, 11) is 1.61. The molecule has 18 heavy (non-hydrogen) atoms. The summed E-state index contributed by atoms with van der Waals surface area (Å²) in [5.74, 6) is 2.10. The largest absolute Gasteiger partial charge is 0.481 e. The van der Waals surface area contributed by atoms with Crippen molar-refractivity contribution in [1.29, 1.82) is 0 Å². The fraction of sp³-hybridized carbons (Fsp3) is 0.692. The Morgan fingerprint density at radius 2 is 2.06 bits per heavy atom. The number of ether oxygens (including phenoxy) is 1. The summed E-state index contributed by atoms with van der Waals surface area (Å²) in [6, 6.07) is 2.32. The van der Waals surface area contributed by atoms with Gasteiger partial charge in [-0.05, 0) is 19.8 Å².